The van der Waals surface area contributed by atoms with E-state index < -0.39 is 95.1 Å². The van der Waals surface area contributed by atoms with E-state index in [1.807, 2.05) is 37.3 Å². The maximum absolute atomic E-state index is 14.4. The maximum Gasteiger partial charge on any atom is 0.246 e. The fraction of sp³-hybridized carbons (Fsp3) is 0.605. The van der Waals surface area contributed by atoms with E-state index in [1.54, 1.807) is 60.6 Å². The minimum Gasteiger partial charge on any atom is -0.369 e. The van der Waals surface area contributed by atoms with E-state index in [0.29, 0.717) is 37.3 Å². The summed E-state index contributed by atoms with van der Waals surface area (Å²) in [5.74, 6) is -3.61. The quantitative estimate of drug-likeness (QED) is 0.197. The van der Waals surface area contributed by atoms with E-state index in [9.17, 15) is 28.8 Å². The van der Waals surface area contributed by atoms with Gasteiger partial charge in [-0.25, -0.2) is 0 Å². The number of benzene rings is 1. The average Bonchev–Trinajstić information content (AvgIpc) is 3.91. The van der Waals surface area contributed by atoms with Crippen LogP contribution >= 0.6 is 11.8 Å². The second-order valence-corrected chi connectivity index (χ2v) is 17.7. The minimum absolute atomic E-state index is 0.238. The lowest BCUT2D eigenvalue weighted by atomic mass is 9.97. The molecule has 324 valence electrons. The monoisotopic (exact) mass is 837 g/mol. The van der Waals surface area contributed by atoms with Crippen LogP contribution < -0.4 is 26.6 Å². The number of rotatable bonds is 12. The first kappa shape index (κ1) is 47.1. The van der Waals surface area contributed by atoms with E-state index in [1.165, 1.54) is 16.7 Å². The lowest BCUT2D eigenvalue weighted by Crippen LogP contribution is -2.62. The summed E-state index contributed by atoms with van der Waals surface area (Å²) >= 11 is 1.33. The highest BCUT2D eigenvalue weighted by atomic mass is 32.2. The summed E-state index contributed by atoms with van der Waals surface area (Å²) in [5.41, 5.74) is -0.870. The zero-order valence-electron chi connectivity index (χ0n) is 35.7. The van der Waals surface area contributed by atoms with Gasteiger partial charge in [0.1, 0.15) is 36.3 Å². The van der Waals surface area contributed by atoms with Gasteiger partial charge < -0.3 is 41.0 Å². The molecule has 3 heterocycles. The van der Waals surface area contributed by atoms with Gasteiger partial charge in [-0.3, -0.25) is 33.8 Å². The van der Waals surface area contributed by atoms with Gasteiger partial charge in [0.2, 0.25) is 35.4 Å². The SMILES string of the molecule is C=CC(C)(C)OC[C@@H]1NC(=O)[C@H]([C@@H](C)OC(C)(C)C=C)NC(=O)[C@H]2CSC(=N2)[C@@H](Cc2ccccc2)NC(=O)[C@@H]2CCCN2C(=O)[C@H](C)NC(=O)[C@H]([C@@H](C)CC)NC1=O. The second-order valence-electron chi connectivity index (χ2n) is 16.6. The van der Waals surface area contributed by atoms with Crippen molar-refractivity contribution >= 4 is 52.2 Å². The zero-order chi connectivity index (χ0) is 43.7. The third-order valence-electron chi connectivity index (χ3n) is 11.0. The number of fused-ring (bicyclic) bond motifs is 2. The van der Waals surface area contributed by atoms with Gasteiger partial charge in [0, 0.05) is 12.3 Å². The van der Waals surface area contributed by atoms with Gasteiger partial charge in [-0.05, 0) is 72.3 Å². The topological polar surface area (TPSA) is 197 Å². The summed E-state index contributed by atoms with van der Waals surface area (Å²) in [5, 5.41) is 14.8. The van der Waals surface area contributed by atoms with Crippen LogP contribution in [0.5, 0.6) is 0 Å². The van der Waals surface area contributed by atoms with Crippen LogP contribution in [0.4, 0.5) is 0 Å². The Labute approximate surface area is 352 Å². The molecule has 2 bridgehead atoms. The molecular formula is C43H63N7O8S. The van der Waals surface area contributed by atoms with Crippen LogP contribution in [0.25, 0.3) is 0 Å². The Morgan fingerprint density at radius 1 is 0.847 bits per heavy atom. The number of ether oxygens (including phenoxy) is 2. The number of nitrogens with zero attached hydrogens (tertiary/aromatic N) is 2. The van der Waals surface area contributed by atoms with E-state index in [0.717, 1.165) is 5.56 Å². The lowest BCUT2D eigenvalue weighted by Gasteiger charge is -2.33. The molecule has 15 nitrogen and oxygen atoms in total. The van der Waals surface area contributed by atoms with Crippen LogP contribution in [0.15, 0.2) is 60.6 Å². The molecule has 0 saturated carbocycles. The molecule has 1 aromatic carbocycles. The van der Waals surface area contributed by atoms with Crippen LogP contribution in [-0.2, 0) is 44.7 Å². The standard InChI is InChI=1S/C43H63N7O8S/c1-11-25(4)33-38(54)44-26(5)41(56)50-21-17-20-32(50)37(53)45-29(22-28-18-15-14-16-19-28)40-47-31(24-59-40)36(52)49-34(27(6)58-43(9,10)13-3)39(55)46-30(35(51)48-33)23-57-42(7,8)12-2/h12-16,18-19,25-27,29-34H,2-3,11,17,20-24H2,1,4-10H3,(H,44,54)(H,45,53)(H,46,55)(H,48,51)(H,49,52)/t25-,26-,27+,29+,30-,31+,32-,33-,34-/m0/s1. The van der Waals surface area contributed by atoms with Gasteiger partial charge in [-0.1, -0.05) is 62.8 Å². The Balaban J connectivity index is 1.79. The highest BCUT2D eigenvalue weighted by Crippen LogP contribution is 2.25. The summed E-state index contributed by atoms with van der Waals surface area (Å²) in [6.45, 7) is 21.5. The van der Waals surface area contributed by atoms with Crippen molar-refractivity contribution in [3.63, 3.8) is 0 Å². The second kappa shape index (κ2) is 20.6. The van der Waals surface area contributed by atoms with Crippen molar-refractivity contribution in [3.8, 4) is 0 Å². The van der Waals surface area contributed by atoms with Crippen molar-refractivity contribution in [2.75, 3.05) is 18.9 Å². The van der Waals surface area contributed by atoms with Crippen LogP contribution in [0, 0.1) is 5.92 Å². The molecule has 9 atom stereocenters. The first-order valence-electron chi connectivity index (χ1n) is 20.4. The predicted molar refractivity (Wildman–Crippen MR) is 228 cm³/mol. The van der Waals surface area contributed by atoms with Crippen molar-refractivity contribution in [2.45, 2.75) is 141 Å². The van der Waals surface area contributed by atoms with E-state index in [4.69, 9.17) is 14.5 Å². The van der Waals surface area contributed by atoms with E-state index in [2.05, 4.69) is 39.7 Å². The average molecular weight is 838 g/mol. The van der Waals surface area contributed by atoms with Gasteiger partial charge in [0.15, 0.2) is 0 Å². The number of carbonyl (C=O) groups excluding carboxylic acids is 6. The molecule has 0 spiro atoms. The smallest absolute Gasteiger partial charge is 0.246 e. The molecule has 1 fully saturated rings. The molecule has 1 saturated heterocycles. The van der Waals surface area contributed by atoms with Crippen LogP contribution in [-0.4, -0.2) is 124 Å². The molecule has 1 aromatic rings. The number of thioether (sulfide) groups is 1. The van der Waals surface area contributed by atoms with Gasteiger partial charge in [-0.2, -0.15) is 0 Å². The van der Waals surface area contributed by atoms with Crippen molar-refractivity contribution in [3.05, 3.63) is 61.2 Å². The predicted octanol–water partition coefficient (Wildman–Crippen LogP) is 2.59. The summed E-state index contributed by atoms with van der Waals surface area (Å²) in [6.07, 6.45) is 4.06. The van der Waals surface area contributed by atoms with E-state index in [-0.39, 0.29) is 18.3 Å². The molecule has 16 heteroatoms. The number of hydrogen-bond acceptors (Lipinski definition) is 10. The molecular weight excluding hydrogens is 775 g/mol. The van der Waals surface area contributed by atoms with Crippen LogP contribution in [0.3, 0.4) is 0 Å². The lowest BCUT2D eigenvalue weighted by molar-refractivity contribution is -0.142. The first-order chi connectivity index (χ1) is 27.8. The molecule has 59 heavy (non-hydrogen) atoms. The number of carbonyl (C=O) groups is 6. The molecule has 3 aliphatic rings. The van der Waals surface area contributed by atoms with Crippen molar-refractivity contribution < 1.29 is 38.2 Å². The van der Waals surface area contributed by atoms with Crippen LogP contribution in [0.2, 0.25) is 0 Å². The highest BCUT2D eigenvalue weighted by molar-refractivity contribution is 8.14. The van der Waals surface area contributed by atoms with Gasteiger partial charge >= 0.3 is 0 Å². The maximum atomic E-state index is 14.4. The Morgan fingerprint density at radius 2 is 1.47 bits per heavy atom. The number of hydrogen-bond donors (Lipinski definition) is 5. The fourth-order valence-corrected chi connectivity index (χ4v) is 8.05. The van der Waals surface area contributed by atoms with Crippen molar-refractivity contribution in [1.82, 2.24) is 31.5 Å². The molecule has 0 unspecified atom stereocenters. The Kier molecular flexibility index (Phi) is 16.5. The molecule has 0 aliphatic carbocycles. The highest BCUT2D eigenvalue weighted by Gasteiger charge is 2.41. The Morgan fingerprint density at radius 3 is 2.12 bits per heavy atom. The molecule has 5 N–H and O–H groups in total. The summed E-state index contributed by atoms with van der Waals surface area (Å²) in [7, 11) is 0. The van der Waals surface area contributed by atoms with E-state index >= 15 is 0 Å². The number of nitrogens with one attached hydrogen (secondary N) is 5. The normalized spacial score (nSPS) is 27.8. The minimum atomic E-state index is -1.35. The molecule has 0 radical (unpaired) electrons. The number of amides is 6. The van der Waals surface area contributed by atoms with Crippen molar-refractivity contribution in [1.29, 1.82) is 0 Å². The van der Waals surface area contributed by atoms with Gasteiger partial charge in [0.25, 0.3) is 0 Å². The molecule has 0 aromatic heterocycles. The third kappa shape index (κ3) is 12.7. The van der Waals surface area contributed by atoms with Gasteiger partial charge in [-0.15, -0.1) is 24.9 Å². The molecule has 6 amide bonds. The number of aliphatic imine (C=N–C) groups is 1. The molecule has 3 aliphatic heterocycles. The third-order valence-corrected chi connectivity index (χ3v) is 12.2. The van der Waals surface area contributed by atoms with Crippen molar-refractivity contribution in [2.24, 2.45) is 10.9 Å². The summed E-state index contributed by atoms with van der Waals surface area (Å²) < 4.78 is 12.2. The zero-order valence-corrected chi connectivity index (χ0v) is 36.5. The van der Waals surface area contributed by atoms with Gasteiger partial charge in [0.05, 0.1) is 35.0 Å². The summed E-state index contributed by atoms with van der Waals surface area (Å²) in [6, 6.07) is 2.39. The first-order valence-corrected chi connectivity index (χ1v) is 21.4. The Hall–Kier alpha value is -4.54. The Bertz CT molecular complexity index is 1750. The summed E-state index contributed by atoms with van der Waals surface area (Å²) in [4.78, 5) is 90.9. The largest absolute Gasteiger partial charge is 0.369 e. The van der Waals surface area contributed by atoms with Crippen LogP contribution in [0.1, 0.15) is 80.2 Å². The molecule has 4 rings (SSSR count). The fourth-order valence-electron chi connectivity index (χ4n) is 6.95.